The van der Waals surface area contributed by atoms with Gasteiger partial charge in [0.15, 0.2) is 11.5 Å². The number of halogens is 1. The lowest BCUT2D eigenvalue weighted by atomic mass is 10.0. The molecule has 0 radical (unpaired) electrons. The van der Waals surface area contributed by atoms with Crippen LogP contribution in [0.25, 0.3) is 0 Å². The highest BCUT2D eigenvalue weighted by atomic mass is 79.9. The van der Waals surface area contributed by atoms with Gasteiger partial charge in [0, 0.05) is 15.9 Å². The number of carbonyl (C=O) groups excluding carboxylic acids is 1. The Morgan fingerprint density at radius 1 is 1.15 bits per heavy atom. The number of carbonyl (C=O) groups is 1. The average molecular weight is 434 g/mol. The topological polar surface area (TPSA) is 38.8 Å². The van der Waals surface area contributed by atoms with Crippen molar-refractivity contribution in [1.82, 2.24) is 4.90 Å². The van der Waals surface area contributed by atoms with Gasteiger partial charge in [-0.05, 0) is 48.7 Å². The van der Waals surface area contributed by atoms with Gasteiger partial charge in [-0.15, -0.1) is 11.8 Å². The smallest absolute Gasteiger partial charge is 0.233 e. The maximum atomic E-state index is 12.8. The molecule has 0 spiro atoms. The predicted octanol–water partition coefficient (Wildman–Crippen LogP) is 4.68. The van der Waals surface area contributed by atoms with Crippen LogP contribution in [0.2, 0.25) is 0 Å². The fourth-order valence-corrected chi connectivity index (χ4v) is 4.86. The zero-order chi connectivity index (χ0) is 17.9. The number of amides is 1. The summed E-state index contributed by atoms with van der Waals surface area (Å²) < 4.78 is 12.3. The molecular weight excluding hydrogens is 414 g/mol. The third kappa shape index (κ3) is 3.86. The Kier molecular flexibility index (Phi) is 5.41. The van der Waals surface area contributed by atoms with Crippen molar-refractivity contribution in [3.05, 3.63) is 52.5 Å². The SMILES string of the molecule is O=C(CSc1cccc(Br)c1)N1CCCC1c1ccc2c(c1)OCCO2. The minimum atomic E-state index is 0.126. The van der Waals surface area contributed by atoms with Crippen LogP contribution >= 0.6 is 27.7 Å². The molecular formula is C20H20BrNO3S. The molecule has 26 heavy (non-hydrogen) atoms. The Balaban J connectivity index is 1.45. The predicted molar refractivity (Wildman–Crippen MR) is 106 cm³/mol. The van der Waals surface area contributed by atoms with Gasteiger partial charge in [0.1, 0.15) is 13.2 Å². The van der Waals surface area contributed by atoms with Crippen molar-refractivity contribution in [2.45, 2.75) is 23.8 Å². The van der Waals surface area contributed by atoms with Gasteiger partial charge in [-0.2, -0.15) is 0 Å². The van der Waals surface area contributed by atoms with Crippen LogP contribution in [0.4, 0.5) is 0 Å². The van der Waals surface area contributed by atoms with Crippen molar-refractivity contribution >= 4 is 33.6 Å². The Hall–Kier alpha value is -1.66. The first kappa shape index (κ1) is 17.7. The zero-order valence-corrected chi connectivity index (χ0v) is 16.7. The largest absolute Gasteiger partial charge is 0.486 e. The lowest BCUT2D eigenvalue weighted by molar-refractivity contribution is -0.129. The summed E-state index contributed by atoms with van der Waals surface area (Å²) in [6.45, 7) is 1.98. The summed E-state index contributed by atoms with van der Waals surface area (Å²) in [6, 6.07) is 14.2. The zero-order valence-electron chi connectivity index (χ0n) is 14.3. The highest BCUT2D eigenvalue weighted by Gasteiger charge is 2.30. The maximum Gasteiger partial charge on any atom is 0.233 e. The summed E-state index contributed by atoms with van der Waals surface area (Å²) >= 11 is 5.06. The molecule has 0 N–H and O–H groups in total. The number of hydrogen-bond acceptors (Lipinski definition) is 4. The van der Waals surface area contributed by atoms with E-state index in [9.17, 15) is 4.79 Å². The second kappa shape index (κ2) is 7.92. The molecule has 4 nitrogen and oxygen atoms in total. The number of benzene rings is 2. The fourth-order valence-electron chi connectivity index (χ4n) is 3.46. The molecule has 1 atom stereocenters. The molecule has 0 saturated carbocycles. The minimum Gasteiger partial charge on any atom is -0.486 e. The molecule has 1 saturated heterocycles. The number of ether oxygens (including phenoxy) is 2. The van der Waals surface area contributed by atoms with Gasteiger partial charge in [0.2, 0.25) is 5.91 Å². The van der Waals surface area contributed by atoms with Crippen molar-refractivity contribution in [3.63, 3.8) is 0 Å². The van der Waals surface area contributed by atoms with E-state index >= 15 is 0 Å². The van der Waals surface area contributed by atoms with Gasteiger partial charge < -0.3 is 14.4 Å². The molecule has 0 aromatic heterocycles. The van der Waals surface area contributed by atoms with Crippen LogP contribution in [0.1, 0.15) is 24.4 Å². The Morgan fingerprint density at radius 3 is 2.85 bits per heavy atom. The van der Waals surface area contributed by atoms with Crippen LogP contribution in [0, 0.1) is 0 Å². The first-order chi connectivity index (χ1) is 12.7. The van der Waals surface area contributed by atoms with Crippen molar-refractivity contribution in [2.75, 3.05) is 25.5 Å². The number of likely N-dealkylation sites (tertiary alicyclic amines) is 1. The standard InChI is InChI=1S/C20H20BrNO3S/c21-15-3-1-4-16(12-15)26-13-20(23)22-8-2-5-17(22)14-6-7-18-19(11-14)25-10-9-24-18/h1,3-4,6-7,11-12,17H,2,5,8-10,13H2. The van der Waals surface area contributed by atoms with Crippen molar-refractivity contribution in [1.29, 1.82) is 0 Å². The summed E-state index contributed by atoms with van der Waals surface area (Å²) in [4.78, 5) is 15.9. The number of rotatable bonds is 4. The van der Waals surface area contributed by atoms with Crippen LogP contribution in [0.5, 0.6) is 11.5 Å². The Bertz CT molecular complexity index is 813. The number of fused-ring (bicyclic) bond motifs is 1. The molecule has 0 bridgehead atoms. The molecule has 2 aromatic carbocycles. The van der Waals surface area contributed by atoms with Crippen LogP contribution in [-0.4, -0.2) is 36.3 Å². The van der Waals surface area contributed by atoms with Crippen LogP contribution in [0.3, 0.4) is 0 Å². The van der Waals surface area contributed by atoms with E-state index in [1.54, 1.807) is 11.8 Å². The molecule has 1 fully saturated rings. The number of nitrogens with zero attached hydrogens (tertiary/aromatic N) is 1. The van der Waals surface area contributed by atoms with Crippen molar-refractivity contribution in [3.8, 4) is 11.5 Å². The van der Waals surface area contributed by atoms with Crippen molar-refractivity contribution in [2.24, 2.45) is 0 Å². The molecule has 1 amide bonds. The summed E-state index contributed by atoms with van der Waals surface area (Å²) in [5.74, 6) is 2.22. The van der Waals surface area contributed by atoms with E-state index in [4.69, 9.17) is 9.47 Å². The van der Waals surface area contributed by atoms with E-state index in [1.807, 2.05) is 41.3 Å². The first-order valence-corrected chi connectivity index (χ1v) is 10.6. The average Bonchev–Trinajstić information content (AvgIpc) is 3.16. The molecule has 1 unspecified atom stereocenters. The second-order valence-electron chi connectivity index (χ2n) is 6.39. The van der Waals surface area contributed by atoms with Gasteiger partial charge in [-0.25, -0.2) is 0 Å². The van der Waals surface area contributed by atoms with Crippen LogP contribution in [0.15, 0.2) is 51.8 Å². The summed E-state index contributed by atoms with van der Waals surface area (Å²) in [5.41, 5.74) is 1.13. The molecule has 6 heteroatoms. The first-order valence-electron chi connectivity index (χ1n) is 8.78. The third-order valence-electron chi connectivity index (χ3n) is 4.68. The Labute approximate surface area is 166 Å². The molecule has 2 aliphatic rings. The highest BCUT2D eigenvalue weighted by Crippen LogP contribution is 2.38. The lowest BCUT2D eigenvalue weighted by Gasteiger charge is -2.26. The summed E-state index contributed by atoms with van der Waals surface area (Å²) in [6.07, 6.45) is 2.03. The van der Waals surface area contributed by atoms with E-state index < -0.39 is 0 Å². The van der Waals surface area contributed by atoms with Gasteiger partial charge in [-0.3, -0.25) is 4.79 Å². The van der Waals surface area contributed by atoms with Crippen LogP contribution in [-0.2, 0) is 4.79 Å². The highest BCUT2D eigenvalue weighted by molar-refractivity contribution is 9.10. The molecule has 2 heterocycles. The number of hydrogen-bond donors (Lipinski definition) is 0. The summed E-state index contributed by atoms with van der Waals surface area (Å²) in [7, 11) is 0. The van der Waals surface area contributed by atoms with E-state index in [1.165, 1.54) is 0 Å². The molecule has 2 aromatic rings. The van der Waals surface area contributed by atoms with Crippen molar-refractivity contribution < 1.29 is 14.3 Å². The third-order valence-corrected chi connectivity index (χ3v) is 6.15. The van der Waals surface area contributed by atoms with E-state index in [0.29, 0.717) is 19.0 Å². The molecule has 4 rings (SSSR count). The lowest BCUT2D eigenvalue weighted by Crippen LogP contribution is -2.32. The van der Waals surface area contributed by atoms with Gasteiger partial charge in [0.25, 0.3) is 0 Å². The maximum absolute atomic E-state index is 12.8. The summed E-state index contributed by atoms with van der Waals surface area (Å²) in [5, 5.41) is 0. The van der Waals surface area contributed by atoms with Gasteiger partial charge in [-0.1, -0.05) is 28.1 Å². The second-order valence-corrected chi connectivity index (χ2v) is 8.36. The normalized spacial score (nSPS) is 18.8. The van der Waals surface area contributed by atoms with Gasteiger partial charge >= 0.3 is 0 Å². The van der Waals surface area contributed by atoms with E-state index in [2.05, 4.69) is 22.0 Å². The number of thioether (sulfide) groups is 1. The van der Waals surface area contributed by atoms with Gasteiger partial charge in [0.05, 0.1) is 11.8 Å². The fraction of sp³-hybridized carbons (Fsp3) is 0.350. The Morgan fingerprint density at radius 2 is 2.00 bits per heavy atom. The quantitative estimate of drug-likeness (QED) is 0.656. The minimum absolute atomic E-state index is 0.126. The van der Waals surface area contributed by atoms with E-state index in [-0.39, 0.29) is 11.9 Å². The molecule has 2 aliphatic heterocycles. The monoisotopic (exact) mass is 433 g/mol. The van der Waals surface area contributed by atoms with Crippen LogP contribution < -0.4 is 9.47 Å². The molecule has 136 valence electrons. The molecule has 0 aliphatic carbocycles. The van der Waals surface area contributed by atoms with E-state index in [0.717, 1.165) is 45.8 Å².